The molecular weight excluding hydrogens is 346 g/mol. The van der Waals surface area contributed by atoms with Gasteiger partial charge in [-0.15, -0.1) is 11.3 Å². The number of aryl methyl sites for hydroxylation is 1. The lowest BCUT2D eigenvalue weighted by Gasteiger charge is -2.10. The van der Waals surface area contributed by atoms with Gasteiger partial charge in [-0.05, 0) is 36.1 Å². The van der Waals surface area contributed by atoms with Crippen LogP contribution in [0.2, 0.25) is 0 Å². The number of hydrogen-bond acceptors (Lipinski definition) is 6. The van der Waals surface area contributed by atoms with Gasteiger partial charge in [0.15, 0.2) is 5.16 Å². The molecule has 0 saturated carbocycles. The Balaban J connectivity index is 1.69. The first-order valence-corrected chi connectivity index (χ1v) is 8.98. The van der Waals surface area contributed by atoms with E-state index in [1.165, 1.54) is 23.1 Å². The minimum absolute atomic E-state index is 0.136. The quantitative estimate of drug-likeness (QED) is 0.539. The van der Waals surface area contributed by atoms with E-state index < -0.39 is 0 Å². The summed E-state index contributed by atoms with van der Waals surface area (Å²) in [6.07, 6.45) is 0. The summed E-state index contributed by atoms with van der Waals surface area (Å²) in [5.41, 5.74) is 1.45. The third-order valence-corrected chi connectivity index (χ3v) is 4.96. The number of hydrogen-bond donors (Lipinski definition) is 2. The second-order valence-electron chi connectivity index (χ2n) is 5.05. The number of aromatic nitrogens is 2. The predicted molar refractivity (Wildman–Crippen MR) is 97.3 cm³/mol. The molecule has 0 fully saturated rings. The maximum atomic E-state index is 12.2. The number of thiophene rings is 1. The van der Waals surface area contributed by atoms with Crippen molar-refractivity contribution < 1.29 is 9.53 Å². The second-order valence-corrected chi connectivity index (χ2v) is 6.91. The number of benzene rings is 1. The van der Waals surface area contributed by atoms with Crippen molar-refractivity contribution in [2.45, 2.75) is 12.1 Å². The summed E-state index contributed by atoms with van der Waals surface area (Å²) in [7, 11) is 1.56. The van der Waals surface area contributed by atoms with E-state index in [1.54, 1.807) is 13.2 Å². The first-order valence-electron chi connectivity index (χ1n) is 7.11. The van der Waals surface area contributed by atoms with E-state index in [0.717, 1.165) is 5.56 Å². The van der Waals surface area contributed by atoms with E-state index >= 15 is 0 Å². The highest BCUT2D eigenvalue weighted by molar-refractivity contribution is 7.99. The van der Waals surface area contributed by atoms with Gasteiger partial charge in [0.25, 0.3) is 5.56 Å². The molecule has 124 valence electrons. The molecule has 8 heteroatoms. The fraction of sp³-hybridized carbons (Fsp3) is 0.188. The number of carbonyl (C=O) groups is 1. The van der Waals surface area contributed by atoms with Crippen LogP contribution in [0, 0.1) is 6.92 Å². The molecule has 1 amide bonds. The molecule has 3 aromatic rings. The summed E-state index contributed by atoms with van der Waals surface area (Å²) in [5.74, 6) is 0.542. The topological polar surface area (TPSA) is 84.1 Å². The maximum Gasteiger partial charge on any atom is 0.260 e. The standard InChI is InChI=1S/C16H15N3O3S2/c1-9-3-4-12(22-2)11(7-9)17-13(20)8-24-16-18-14(21)10-5-6-23-15(10)19-16/h3-7H,8H2,1-2H3,(H,17,20)(H,18,19,21). The van der Waals surface area contributed by atoms with Gasteiger partial charge in [0.05, 0.1) is 23.9 Å². The number of fused-ring (bicyclic) bond motifs is 1. The number of thioether (sulfide) groups is 1. The van der Waals surface area contributed by atoms with E-state index in [-0.39, 0.29) is 17.2 Å². The fourth-order valence-corrected chi connectivity index (χ4v) is 3.64. The SMILES string of the molecule is COc1ccc(C)cc1NC(=O)CSc1nc2sccc2c(=O)[nH]1. The van der Waals surface area contributed by atoms with Crippen molar-refractivity contribution in [2.75, 3.05) is 18.2 Å². The Morgan fingerprint density at radius 1 is 1.42 bits per heavy atom. The molecule has 2 N–H and O–H groups in total. The molecule has 0 atom stereocenters. The first-order chi connectivity index (χ1) is 11.6. The fourth-order valence-electron chi connectivity index (χ4n) is 2.15. The predicted octanol–water partition coefficient (Wildman–Crippen LogP) is 3.03. The normalized spacial score (nSPS) is 10.8. The lowest BCUT2D eigenvalue weighted by molar-refractivity contribution is -0.113. The molecule has 3 rings (SSSR count). The number of rotatable bonds is 5. The summed E-state index contributed by atoms with van der Waals surface area (Å²) in [4.78, 5) is 31.8. The van der Waals surface area contributed by atoms with Gasteiger partial charge in [-0.2, -0.15) is 0 Å². The molecule has 2 heterocycles. The highest BCUT2D eigenvalue weighted by Crippen LogP contribution is 2.25. The highest BCUT2D eigenvalue weighted by atomic mass is 32.2. The maximum absolute atomic E-state index is 12.2. The van der Waals surface area contributed by atoms with Gasteiger partial charge in [-0.25, -0.2) is 4.98 Å². The molecule has 1 aromatic carbocycles. The van der Waals surface area contributed by atoms with Crippen LogP contribution in [0.4, 0.5) is 5.69 Å². The van der Waals surface area contributed by atoms with Crippen LogP contribution in [-0.2, 0) is 4.79 Å². The molecule has 0 aliphatic rings. The summed E-state index contributed by atoms with van der Waals surface area (Å²) in [5, 5.41) is 5.63. The molecule has 0 aliphatic carbocycles. The Bertz CT molecular complexity index is 949. The van der Waals surface area contributed by atoms with Crippen molar-refractivity contribution in [3.05, 3.63) is 45.6 Å². The summed E-state index contributed by atoms with van der Waals surface area (Å²) < 4.78 is 5.24. The van der Waals surface area contributed by atoms with Crippen LogP contribution in [0.1, 0.15) is 5.56 Å². The summed E-state index contributed by atoms with van der Waals surface area (Å²) in [6, 6.07) is 7.30. The van der Waals surface area contributed by atoms with Crippen molar-refractivity contribution in [1.29, 1.82) is 0 Å². The minimum Gasteiger partial charge on any atom is -0.495 e. The van der Waals surface area contributed by atoms with Gasteiger partial charge in [0.1, 0.15) is 10.6 Å². The van der Waals surface area contributed by atoms with Crippen LogP contribution < -0.4 is 15.6 Å². The van der Waals surface area contributed by atoms with Crippen LogP contribution in [0.15, 0.2) is 39.6 Å². The van der Waals surface area contributed by atoms with Gasteiger partial charge in [0.2, 0.25) is 5.91 Å². The van der Waals surface area contributed by atoms with Gasteiger partial charge < -0.3 is 15.0 Å². The number of ether oxygens (including phenoxy) is 1. The molecule has 0 radical (unpaired) electrons. The van der Waals surface area contributed by atoms with Crippen LogP contribution in [0.3, 0.4) is 0 Å². The Labute approximate surface area is 146 Å². The average molecular weight is 361 g/mol. The van der Waals surface area contributed by atoms with Crippen molar-refractivity contribution in [3.8, 4) is 5.75 Å². The van der Waals surface area contributed by atoms with Crippen LogP contribution in [0.25, 0.3) is 10.2 Å². The first kappa shape index (κ1) is 16.5. The molecule has 24 heavy (non-hydrogen) atoms. The smallest absolute Gasteiger partial charge is 0.260 e. The number of amides is 1. The van der Waals surface area contributed by atoms with E-state index in [4.69, 9.17) is 4.74 Å². The third kappa shape index (κ3) is 3.60. The van der Waals surface area contributed by atoms with Crippen molar-refractivity contribution in [3.63, 3.8) is 0 Å². The summed E-state index contributed by atoms with van der Waals surface area (Å²) in [6.45, 7) is 1.94. The zero-order valence-corrected chi connectivity index (χ0v) is 14.7. The van der Waals surface area contributed by atoms with Gasteiger partial charge >= 0.3 is 0 Å². The Morgan fingerprint density at radius 3 is 3.04 bits per heavy atom. The van der Waals surface area contributed by atoms with Gasteiger partial charge in [-0.1, -0.05) is 17.8 Å². The molecular formula is C16H15N3O3S2. The Hall–Kier alpha value is -2.32. The molecule has 6 nitrogen and oxygen atoms in total. The number of carbonyl (C=O) groups excluding carboxylic acids is 1. The Morgan fingerprint density at radius 2 is 2.25 bits per heavy atom. The number of anilines is 1. The largest absolute Gasteiger partial charge is 0.495 e. The van der Waals surface area contributed by atoms with E-state index in [0.29, 0.717) is 26.8 Å². The van der Waals surface area contributed by atoms with Crippen molar-refractivity contribution >= 4 is 44.9 Å². The van der Waals surface area contributed by atoms with Gasteiger partial charge in [-0.3, -0.25) is 9.59 Å². The van der Waals surface area contributed by atoms with Gasteiger partial charge in [0, 0.05) is 0 Å². The monoisotopic (exact) mass is 361 g/mol. The number of nitrogens with zero attached hydrogens (tertiary/aromatic N) is 1. The average Bonchev–Trinajstić information content (AvgIpc) is 3.02. The number of H-pyrrole nitrogens is 1. The molecule has 0 spiro atoms. The Kier molecular flexibility index (Phi) is 4.86. The van der Waals surface area contributed by atoms with Crippen molar-refractivity contribution in [1.82, 2.24) is 9.97 Å². The van der Waals surface area contributed by atoms with E-state index in [2.05, 4.69) is 15.3 Å². The molecule has 0 unspecified atom stereocenters. The lowest BCUT2D eigenvalue weighted by atomic mass is 10.2. The zero-order chi connectivity index (χ0) is 17.1. The van der Waals surface area contributed by atoms with Crippen LogP contribution in [0.5, 0.6) is 5.75 Å². The minimum atomic E-state index is -0.196. The van der Waals surface area contributed by atoms with Crippen molar-refractivity contribution in [2.24, 2.45) is 0 Å². The second kappa shape index (κ2) is 7.06. The van der Waals surface area contributed by atoms with E-state index in [9.17, 15) is 9.59 Å². The third-order valence-electron chi connectivity index (χ3n) is 3.28. The molecule has 0 bridgehead atoms. The van der Waals surface area contributed by atoms with Crippen LogP contribution >= 0.6 is 23.1 Å². The number of aromatic amines is 1. The zero-order valence-electron chi connectivity index (χ0n) is 13.1. The number of nitrogens with one attached hydrogen (secondary N) is 2. The van der Waals surface area contributed by atoms with E-state index in [1.807, 2.05) is 30.5 Å². The lowest BCUT2D eigenvalue weighted by Crippen LogP contribution is -2.16. The molecule has 2 aromatic heterocycles. The van der Waals surface area contributed by atoms with Crippen LogP contribution in [-0.4, -0.2) is 28.7 Å². The summed E-state index contributed by atoms with van der Waals surface area (Å²) >= 11 is 2.58. The molecule has 0 aliphatic heterocycles. The highest BCUT2D eigenvalue weighted by Gasteiger charge is 2.11. The number of methoxy groups -OCH3 is 1. The molecule has 0 saturated heterocycles.